The van der Waals surface area contributed by atoms with Crippen molar-refractivity contribution in [3.05, 3.63) is 29.8 Å². The van der Waals surface area contributed by atoms with Crippen molar-refractivity contribution in [2.45, 2.75) is 38.8 Å². The fourth-order valence-corrected chi connectivity index (χ4v) is 1.48. The van der Waals surface area contributed by atoms with E-state index in [1.807, 2.05) is 45.0 Å². The third kappa shape index (κ3) is 4.21. The Morgan fingerprint density at radius 3 is 2.19 bits per heavy atom. The van der Waals surface area contributed by atoms with Gasteiger partial charge in [0.15, 0.2) is 0 Å². The van der Waals surface area contributed by atoms with Gasteiger partial charge in [0, 0.05) is 6.04 Å². The average molecular weight is 222 g/mol. The second-order valence-electron chi connectivity index (χ2n) is 4.97. The maximum atomic E-state index is 5.96. The van der Waals surface area contributed by atoms with Gasteiger partial charge in [-0.05, 0) is 51.4 Å². The van der Waals surface area contributed by atoms with Crippen LogP contribution in [0.25, 0.3) is 0 Å². The van der Waals surface area contributed by atoms with Crippen molar-refractivity contribution in [3.63, 3.8) is 0 Å². The minimum Gasteiger partial charge on any atom is -0.488 e. The van der Waals surface area contributed by atoms with Gasteiger partial charge >= 0.3 is 0 Å². The summed E-state index contributed by atoms with van der Waals surface area (Å²) in [7, 11) is 0. The number of hydrogen-bond acceptors (Lipinski definition) is 3. The summed E-state index contributed by atoms with van der Waals surface area (Å²) in [5.41, 5.74) is 12.4. The largest absolute Gasteiger partial charge is 0.488 e. The van der Waals surface area contributed by atoms with E-state index in [0.717, 1.165) is 17.7 Å². The SMILES string of the molecule is CC(C)(C)Oc1ccc([C@H](N)CCN)cc1. The summed E-state index contributed by atoms with van der Waals surface area (Å²) in [4.78, 5) is 0. The molecule has 1 aromatic rings. The quantitative estimate of drug-likeness (QED) is 0.821. The van der Waals surface area contributed by atoms with E-state index in [-0.39, 0.29) is 11.6 Å². The zero-order valence-corrected chi connectivity index (χ0v) is 10.4. The van der Waals surface area contributed by atoms with Crippen molar-refractivity contribution in [2.24, 2.45) is 11.5 Å². The summed E-state index contributed by atoms with van der Waals surface area (Å²) in [5, 5.41) is 0. The molecule has 0 saturated heterocycles. The predicted octanol–water partition coefficient (Wildman–Crippen LogP) is 2.21. The number of nitrogens with two attached hydrogens (primary N) is 2. The first-order valence-electron chi connectivity index (χ1n) is 5.67. The van der Waals surface area contributed by atoms with Gasteiger partial charge in [-0.25, -0.2) is 0 Å². The summed E-state index contributed by atoms with van der Waals surface area (Å²) in [6, 6.07) is 7.94. The number of rotatable bonds is 4. The fourth-order valence-electron chi connectivity index (χ4n) is 1.48. The lowest BCUT2D eigenvalue weighted by Crippen LogP contribution is -2.23. The molecule has 3 heteroatoms. The van der Waals surface area contributed by atoms with E-state index in [9.17, 15) is 0 Å². The first-order valence-corrected chi connectivity index (χ1v) is 5.67. The van der Waals surface area contributed by atoms with Crippen molar-refractivity contribution in [3.8, 4) is 5.75 Å². The Bertz CT molecular complexity index is 314. The fraction of sp³-hybridized carbons (Fsp3) is 0.538. The molecule has 0 amide bonds. The molecule has 0 aliphatic rings. The minimum absolute atomic E-state index is 0.0219. The van der Waals surface area contributed by atoms with Crippen molar-refractivity contribution in [1.29, 1.82) is 0 Å². The van der Waals surface area contributed by atoms with Crippen molar-refractivity contribution in [2.75, 3.05) is 6.54 Å². The summed E-state index contributed by atoms with van der Waals surface area (Å²) in [6.07, 6.45) is 0.805. The standard InChI is InChI=1S/C13H22N2O/c1-13(2,3)16-11-6-4-10(5-7-11)12(15)8-9-14/h4-7,12H,8-9,14-15H2,1-3H3/t12-/m1/s1. The molecule has 16 heavy (non-hydrogen) atoms. The van der Waals surface area contributed by atoms with E-state index in [1.165, 1.54) is 0 Å². The molecule has 0 aromatic heterocycles. The lowest BCUT2D eigenvalue weighted by Gasteiger charge is -2.21. The molecule has 0 heterocycles. The van der Waals surface area contributed by atoms with Crippen LogP contribution in [0.4, 0.5) is 0 Å². The monoisotopic (exact) mass is 222 g/mol. The van der Waals surface area contributed by atoms with Crippen LogP contribution < -0.4 is 16.2 Å². The Morgan fingerprint density at radius 2 is 1.75 bits per heavy atom. The van der Waals surface area contributed by atoms with E-state index in [2.05, 4.69) is 0 Å². The van der Waals surface area contributed by atoms with Crippen molar-refractivity contribution in [1.82, 2.24) is 0 Å². The minimum atomic E-state index is -0.166. The third-order valence-corrected chi connectivity index (χ3v) is 2.21. The van der Waals surface area contributed by atoms with E-state index in [4.69, 9.17) is 16.2 Å². The van der Waals surface area contributed by atoms with Gasteiger partial charge in [-0.3, -0.25) is 0 Å². The highest BCUT2D eigenvalue weighted by Crippen LogP contribution is 2.21. The Morgan fingerprint density at radius 1 is 1.19 bits per heavy atom. The molecule has 0 saturated carbocycles. The molecule has 0 aliphatic heterocycles. The normalized spacial score (nSPS) is 13.6. The first kappa shape index (κ1) is 13.0. The molecule has 0 unspecified atom stereocenters. The van der Waals surface area contributed by atoms with Crippen LogP contribution >= 0.6 is 0 Å². The van der Waals surface area contributed by atoms with Crippen LogP contribution in [0.3, 0.4) is 0 Å². The maximum absolute atomic E-state index is 5.96. The molecule has 0 fully saturated rings. The smallest absolute Gasteiger partial charge is 0.120 e. The van der Waals surface area contributed by atoms with Gasteiger partial charge < -0.3 is 16.2 Å². The van der Waals surface area contributed by atoms with E-state index >= 15 is 0 Å². The predicted molar refractivity (Wildman–Crippen MR) is 67.4 cm³/mol. The Balaban J connectivity index is 2.68. The van der Waals surface area contributed by atoms with Gasteiger partial charge in [-0.15, -0.1) is 0 Å². The number of ether oxygens (including phenoxy) is 1. The molecule has 0 bridgehead atoms. The lowest BCUT2D eigenvalue weighted by molar-refractivity contribution is 0.131. The Kier molecular flexibility index (Phi) is 4.33. The van der Waals surface area contributed by atoms with Gasteiger partial charge in [-0.2, -0.15) is 0 Å². The van der Waals surface area contributed by atoms with Gasteiger partial charge in [0.1, 0.15) is 11.4 Å². The average Bonchev–Trinajstić information content (AvgIpc) is 2.16. The molecule has 4 N–H and O–H groups in total. The van der Waals surface area contributed by atoms with Crippen LogP contribution in [-0.4, -0.2) is 12.1 Å². The van der Waals surface area contributed by atoms with Gasteiger partial charge in [0.25, 0.3) is 0 Å². The summed E-state index contributed by atoms with van der Waals surface area (Å²) in [6.45, 7) is 6.70. The van der Waals surface area contributed by atoms with E-state index in [0.29, 0.717) is 6.54 Å². The molecular formula is C13H22N2O. The van der Waals surface area contributed by atoms with E-state index < -0.39 is 0 Å². The van der Waals surface area contributed by atoms with Crippen LogP contribution in [0.15, 0.2) is 24.3 Å². The third-order valence-electron chi connectivity index (χ3n) is 2.21. The zero-order valence-electron chi connectivity index (χ0n) is 10.4. The molecule has 0 aliphatic carbocycles. The second kappa shape index (κ2) is 5.32. The van der Waals surface area contributed by atoms with Crippen molar-refractivity contribution < 1.29 is 4.74 Å². The maximum Gasteiger partial charge on any atom is 0.120 e. The van der Waals surface area contributed by atoms with Crippen LogP contribution in [0, 0.1) is 0 Å². The van der Waals surface area contributed by atoms with Crippen LogP contribution in [-0.2, 0) is 0 Å². The van der Waals surface area contributed by atoms with E-state index in [1.54, 1.807) is 0 Å². The number of hydrogen-bond donors (Lipinski definition) is 2. The molecule has 1 rings (SSSR count). The summed E-state index contributed by atoms with van der Waals surface area (Å²) < 4.78 is 5.73. The van der Waals surface area contributed by atoms with Crippen LogP contribution in [0.2, 0.25) is 0 Å². The molecule has 90 valence electrons. The molecule has 0 radical (unpaired) electrons. The second-order valence-corrected chi connectivity index (χ2v) is 4.97. The lowest BCUT2D eigenvalue weighted by atomic mass is 10.0. The highest BCUT2D eigenvalue weighted by molar-refractivity contribution is 5.29. The molecule has 0 spiro atoms. The van der Waals surface area contributed by atoms with Crippen LogP contribution in [0.1, 0.15) is 38.8 Å². The van der Waals surface area contributed by atoms with Crippen LogP contribution in [0.5, 0.6) is 5.75 Å². The highest BCUT2D eigenvalue weighted by Gasteiger charge is 2.12. The molecule has 3 nitrogen and oxygen atoms in total. The van der Waals surface area contributed by atoms with Crippen molar-refractivity contribution >= 4 is 0 Å². The highest BCUT2D eigenvalue weighted by atomic mass is 16.5. The Labute approximate surface area is 97.8 Å². The molecular weight excluding hydrogens is 200 g/mol. The topological polar surface area (TPSA) is 61.3 Å². The van der Waals surface area contributed by atoms with Gasteiger partial charge in [0.2, 0.25) is 0 Å². The van der Waals surface area contributed by atoms with Gasteiger partial charge in [-0.1, -0.05) is 12.1 Å². The Hall–Kier alpha value is -1.06. The summed E-state index contributed by atoms with van der Waals surface area (Å²) in [5.74, 6) is 0.871. The zero-order chi connectivity index (χ0) is 12.2. The molecule has 1 atom stereocenters. The first-order chi connectivity index (χ1) is 7.42. The number of benzene rings is 1. The molecule has 1 aromatic carbocycles. The summed E-state index contributed by atoms with van der Waals surface area (Å²) >= 11 is 0. The van der Waals surface area contributed by atoms with Gasteiger partial charge in [0.05, 0.1) is 0 Å².